The monoisotopic (exact) mass is 183 g/mol. The average Bonchev–Trinajstić information content (AvgIpc) is 2.57. The van der Waals surface area contributed by atoms with Crippen molar-refractivity contribution in [3.8, 4) is 0 Å². The fourth-order valence-electron chi connectivity index (χ4n) is 1.17. The summed E-state index contributed by atoms with van der Waals surface area (Å²) in [6.07, 6.45) is 5.40. The van der Waals surface area contributed by atoms with Crippen LogP contribution in [0.5, 0.6) is 0 Å². The molecule has 0 aliphatic rings. The Balaban J connectivity index is 2.63. The van der Waals surface area contributed by atoms with E-state index in [4.69, 9.17) is 5.11 Å². The van der Waals surface area contributed by atoms with E-state index >= 15 is 0 Å². The second kappa shape index (κ2) is 4.59. The summed E-state index contributed by atoms with van der Waals surface area (Å²) in [4.78, 5) is 10.8. The van der Waals surface area contributed by atoms with E-state index in [-0.39, 0.29) is 0 Å². The number of aliphatic carboxylic acids is 1. The summed E-state index contributed by atoms with van der Waals surface area (Å²) in [5, 5.41) is 16.1. The fourth-order valence-corrected chi connectivity index (χ4v) is 1.17. The lowest BCUT2D eigenvalue weighted by molar-refractivity contribution is -0.141. The molecule has 0 aliphatic carbocycles. The normalized spacial score (nSPS) is 12.7. The molecule has 0 aliphatic heterocycles. The summed E-state index contributed by atoms with van der Waals surface area (Å²) in [7, 11) is 0. The molecule has 1 unspecified atom stereocenters. The van der Waals surface area contributed by atoms with Crippen LogP contribution in [-0.2, 0) is 4.79 Å². The van der Waals surface area contributed by atoms with Crippen LogP contribution in [0.1, 0.15) is 32.2 Å². The van der Waals surface area contributed by atoms with Gasteiger partial charge in [-0.25, -0.2) is 4.79 Å². The third kappa shape index (κ3) is 2.54. The SMILES string of the molecule is CCCCC(C(=O)O)n1cnnc1. The highest BCUT2D eigenvalue weighted by molar-refractivity contribution is 5.71. The maximum Gasteiger partial charge on any atom is 0.326 e. The van der Waals surface area contributed by atoms with Crippen LogP contribution in [0.2, 0.25) is 0 Å². The van der Waals surface area contributed by atoms with Crippen molar-refractivity contribution in [1.29, 1.82) is 0 Å². The molecule has 0 aromatic carbocycles. The van der Waals surface area contributed by atoms with Crippen LogP contribution < -0.4 is 0 Å². The van der Waals surface area contributed by atoms with E-state index in [1.165, 1.54) is 17.2 Å². The smallest absolute Gasteiger partial charge is 0.326 e. The minimum absolute atomic E-state index is 0.519. The van der Waals surface area contributed by atoms with Gasteiger partial charge in [-0.1, -0.05) is 19.8 Å². The van der Waals surface area contributed by atoms with E-state index < -0.39 is 12.0 Å². The number of unbranched alkanes of at least 4 members (excludes halogenated alkanes) is 1. The maximum absolute atomic E-state index is 10.8. The van der Waals surface area contributed by atoms with Gasteiger partial charge in [0.15, 0.2) is 0 Å². The quantitative estimate of drug-likeness (QED) is 0.742. The maximum atomic E-state index is 10.8. The second-order valence-corrected chi connectivity index (χ2v) is 2.91. The molecule has 0 saturated heterocycles. The second-order valence-electron chi connectivity index (χ2n) is 2.91. The summed E-state index contributed by atoms with van der Waals surface area (Å²) < 4.78 is 1.53. The molecule has 1 aromatic rings. The Kier molecular flexibility index (Phi) is 3.42. The number of carboxylic acid groups (broad SMARTS) is 1. The lowest BCUT2D eigenvalue weighted by atomic mass is 10.1. The fraction of sp³-hybridized carbons (Fsp3) is 0.625. The Morgan fingerprint density at radius 1 is 1.54 bits per heavy atom. The van der Waals surface area contributed by atoms with Crippen molar-refractivity contribution in [3.05, 3.63) is 12.7 Å². The Bertz CT molecular complexity index is 258. The molecule has 1 rings (SSSR count). The van der Waals surface area contributed by atoms with Gasteiger partial charge in [0.05, 0.1) is 0 Å². The highest BCUT2D eigenvalue weighted by Gasteiger charge is 2.17. The van der Waals surface area contributed by atoms with Crippen LogP contribution in [0.25, 0.3) is 0 Å². The zero-order chi connectivity index (χ0) is 9.68. The van der Waals surface area contributed by atoms with E-state index in [2.05, 4.69) is 10.2 Å². The molecule has 0 fully saturated rings. The first-order valence-corrected chi connectivity index (χ1v) is 4.32. The highest BCUT2D eigenvalue weighted by atomic mass is 16.4. The van der Waals surface area contributed by atoms with Crippen LogP contribution in [0, 0.1) is 0 Å². The summed E-state index contributed by atoms with van der Waals surface area (Å²) in [6, 6.07) is -0.519. The minimum atomic E-state index is -0.826. The molecule has 1 aromatic heterocycles. The van der Waals surface area contributed by atoms with Gasteiger partial charge in [0, 0.05) is 0 Å². The number of nitrogens with zero attached hydrogens (tertiary/aromatic N) is 3. The molecule has 0 amide bonds. The van der Waals surface area contributed by atoms with Gasteiger partial charge in [0.25, 0.3) is 0 Å². The van der Waals surface area contributed by atoms with Crippen molar-refractivity contribution in [2.45, 2.75) is 32.2 Å². The van der Waals surface area contributed by atoms with Gasteiger partial charge < -0.3 is 9.67 Å². The van der Waals surface area contributed by atoms with Crippen LogP contribution in [0.4, 0.5) is 0 Å². The summed E-state index contributed by atoms with van der Waals surface area (Å²) >= 11 is 0. The largest absolute Gasteiger partial charge is 0.480 e. The molecule has 0 spiro atoms. The number of rotatable bonds is 5. The summed E-state index contributed by atoms with van der Waals surface area (Å²) in [6.45, 7) is 2.03. The van der Waals surface area contributed by atoms with Gasteiger partial charge in [0.1, 0.15) is 18.7 Å². The van der Waals surface area contributed by atoms with Crippen molar-refractivity contribution in [1.82, 2.24) is 14.8 Å². The van der Waals surface area contributed by atoms with Crippen LogP contribution >= 0.6 is 0 Å². The molecule has 72 valence electrons. The lowest BCUT2D eigenvalue weighted by Crippen LogP contribution is -2.17. The predicted molar refractivity (Wildman–Crippen MR) is 46.2 cm³/mol. The topological polar surface area (TPSA) is 68.0 Å². The van der Waals surface area contributed by atoms with Gasteiger partial charge >= 0.3 is 5.97 Å². The van der Waals surface area contributed by atoms with Gasteiger partial charge in [-0.15, -0.1) is 10.2 Å². The van der Waals surface area contributed by atoms with Crippen LogP contribution in [0.15, 0.2) is 12.7 Å². The first-order chi connectivity index (χ1) is 6.25. The summed E-state index contributed by atoms with van der Waals surface area (Å²) in [5.41, 5.74) is 0. The Morgan fingerprint density at radius 2 is 2.15 bits per heavy atom. The van der Waals surface area contributed by atoms with Crippen molar-refractivity contribution >= 4 is 5.97 Å². The first kappa shape index (κ1) is 9.70. The van der Waals surface area contributed by atoms with Gasteiger partial charge in [-0.2, -0.15) is 0 Å². The third-order valence-corrected chi connectivity index (χ3v) is 1.91. The first-order valence-electron chi connectivity index (χ1n) is 4.32. The molecule has 1 atom stereocenters. The molecular weight excluding hydrogens is 170 g/mol. The van der Waals surface area contributed by atoms with Crippen LogP contribution in [-0.4, -0.2) is 25.8 Å². The van der Waals surface area contributed by atoms with Crippen molar-refractivity contribution < 1.29 is 9.90 Å². The van der Waals surface area contributed by atoms with Gasteiger partial charge in [-0.3, -0.25) is 0 Å². The van der Waals surface area contributed by atoms with Gasteiger partial charge in [-0.05, 0) is 6.42 Å². The van der Waals surface area contributed by atoms with E-state index in [9.17, 15) is 4.79 Å². The molecule has 0 radical (unpaired) electrons. The molecule has 1 heterocycles. The number of hydrogen-bond donors (Lipinski definition) is 1. The highest BCUT2D eigenvalue weighted by Crippen LogP contribution is 2.13. The number of carbonyl (C=O) groups is 1. The zero-order valence-electron chi connectivity index (χ0n) is 7.55. The molecule has 5 heteroatoms. The zero-order valence-corrected chi connectivity index (χ0v) is 7.55. The molecule has 1 N–H and O–H groups in total. The van der Waals surface area contributed by atoms with Crippen molar-refractivity contribution in [3.63, 3.8) is 0 Å². The Hall–Kier alpha value is -1.39. The van der Waals surface area contributed by atoms with E-state index in [0.29, 0.717) is 6.42 Å². The average molecular weight is 183 g/mol. The third-order valence-electron chi connectivity index (χ3n) is 1.91. The van der Waals surface area contributed by atoms with Crippen LogP contribution in [0.3, 0.4) is 0 Å². The van der Waals surface area contributed by atoms with Crippen molar-refractivity contribution in [2.75, 3.05) is 0 Å². The van der Waals surface area contributed by atoms with Crippen molar-refractivity contribution in [2.24, 2.45) is 0 Å². The summed E-state index contributed by atoms with van der Waals surface area (Å²) in [5.74, 6) is -0.826. The minimum Gasteiger partial charge on any atom is -0.480 e. The predicted octanol–water partition coefficient (Wildman–Crippen LogP) is 1.09. The molecule has 5 nitrogen and oxygen atoms in total. The molecule has 0 saturated carbocycles. The lowest BCUT2D eigenvalue weighted by Gasteiger charge is -2.11. The van der Waals surface area contributed by atoms with E-state index in [1.807, 2.05) is 6.92 Å². The molecule has 13 heavy (non-hydrogen) atoms. The van der Waals surface area contributed by atoms with E-state index in [0.717, 1.165) is 12.8 Å². The number of hydrogen-bond acceptors (Lipinski definition) is 3. The number of aromatic nitrogens is 3. The standard InChI is InChI=1S/C8H13N3O2/c1-2-3-4-7(8(12)13)11-5-9-10-6-11/h5-7H,2-4H2,1H3,(H,12,13). The van der Waals surface area contributed by atoms with E-state index in [1.54, 1.807) is 0 Å². The molecule has 0 bridgehead atoms. The molecular formula is C8H13N3O2. The Labute approximate surface area is 76.4 Å². The Morgan fingerprint density at radius 3 is 2.62 bits per heavy atom. The number of carboxylic acids is 1. The van der Waals surface area contributed by atoms with Gasteiger partial charge in [0.2, 0.25) is 0 Å².